The zero-order chi connectivity index (χ0) is 16.8. The van der Waals surface area contributed by atoms with Gasteiger partial charge in [-0.05, 0) is 30.7 Å². The number of allylic oxidation sites excluding steroid dienone is 1. The van der Waals surface area contributed by atoms with Gasteiger partial charge in [-0.25, -0.2) is 4.98 Å². The molecule has 3 aromatic rings. The van der Waals surface area contributed by atoms with Gasteiger partial charge in [-0.1, -0.05) is 48.5 Å². The quantitative estimate of drug-likeness (QED) is 0.596. The summed E-state index contributed by atoms with van der Waals surface area (Å²) < 4.78 is 5.81. The maximum Gasteiger partial charge on any atom is 0.152 e. The molecule has 0 amide bonds. The summed E-state index contributed by atoms with van der Waals surface area (Å²) in [6.45, 7) is 1.95. The highest BCUT2D eigenvalue weighted by Crippen LogP contribution is 2.24. The van der Waals surface area contributed by atoms with E-state index in [0.29, 0.717) is 6.61 Å². The third-order valence-corrected chi connectivity index (χ3v) is 4.27. The lowest BCUT2D eigenvalue weighted by atomic mass is 10.2. The Morgan fingerprint density at radius 2 is 2.00 bits per heavy atom. The van der Waals surface area contributed by atoms with Gasteiger partial charge in [0.25, 0.3) is 0 Å². The molecule has 0 spiro atoms. The first kappa shape index (κ1) is 16.1. The Kier molecular flexibility index (Phi) is 5.18. The molecule has 0 atom stereocenters. The molecule has 24 heavy (non-hydrogen) atoms. The minimum absolute atomic E-state index is 0.0252. The molecule has 4 heteroatoms. The number of hydrogen-bond donors (Lipinski definition) is 0. The molecule has 0 aliphatic rings. The lowest BCUT2D eigenvalue weighted by Gasteiger charge is -2.05. The van der Waals surface area contributed by atoms with Gasteiger partial charge in [-0.3, -0.25) is 4.79 Å². The number of benzene rings is 2. The van der Waals surface area contributed by atoms with Gasteiger partial charge >= 0.3 is 0 Å². The molecular formula is C20H17NO2S. The molecule has 0 unspecified atom stereocenters. The number of carbonyl (C=O) groups excluding carboxylic acids is 1. The predicted molar refractivity (Wildman–Crippen MR) is 98.0 cm³/mol. The standard InChI is InChI=1S/C20H17NO2S/c1-15(22)10-11-16-6-5-9-19(12-16)23-13-18-14-24-20(21-18)17-7-3-2-4-8-17/h2-12,14H,13H2,1H3. The van der Waals surface area contributed by atoms with E-state index in [0.717, 1.165) is 27.6 Å². The van der Waals surface area contributed by atoms with E-state index in [9.17, 15) is 4.79 Å². The largest absolute Gasteiger partial charge is 0.487 e. The number of ether oxygens (including phenoxy) is 1. The maximum absolute atomic E-state index is 11.0. The molecule has 0 bridgehead atoms. The first-order valence-corrected chi connectivity index (χ1v) is 8.50. The van der Waals surface area contributed by atoms with Crippen LogP contribution in [0.3, 0.4) is 0 Å². The Balaban J connectivity index is 1.65. The van der Waals surface area contributed by atoms with Crippen LogP contribution in [0.2, 0.25) is 0 Å². The minimum atomic E-state index is 0.0252. The molecule has 0 saturated heterocycles. The first-order valence-electron chi connectivity index (χ1n) is 7.62. The molecule has 0 N–H and O–H groups in total. The van der Waals surface area contributed by atoms with Gasteiger partial charge in [-0.15, -0.1) is 11.3 Å². The van der Waals surface area contributed by atoms with Crippen LogP contribution >= 0.6 is 11.3 Å². The van der Waals surface area contributed by atoms with Crippen LogP contribution in [0.1, 0.15) is 18.2 Å². The number of ketones is 1. The minimum Gasteiger partial charge on any atom is -0.487 e. The lowest BCUT2D eigenvalue weighted by Crippen LogP contribution is -1.96. The summed E-state index contributed by atoms with van der Waals surface area (Å²) in [5.41, 5.74) is 2.96. The Morgan fingerprint density at radius 3 is 2.79 bits per heavy atom. The smallest absolute Gasteiger partial charge is 0.152 e. The second kappa shape index (κ2) is 7.70. The second-order valence-electron chi connectivity index (χ2n) is 5.32. The van der Waals surface area contributed by atoms with E-state index in [1.807, 2.05) is 60.0 Å². The Bertz CT molecular complexity index is 853. The van der Waals surface area contributed by atoms with Crippen molar-refractivity contribution in [3.63, 3.8) is 0 Å². The molecule has 0 aliphatic carbocycles. The van der Waals surface area contributed by atoms with E-state index in [1.165, 1.54) is 6.92 Å². The fraction of sp³-hybridized carbons (Fsp3) is 0.100. The maximum atomic E-state index is 11.0. The molecule has 0 saturated carbocycles. The molecule has 0 aliphatic heterocycles. The lowest BCUT2D eigenvalue weighted by molar-refractivity contribution is -0.112. The molecule has 1 aromatic heterocycles. The van der Waals surface area contributed by atoms with Crippen LogP contribution in [0.25, 0.3) is 16.6 Å². The summed E-state index contributed by atoms with van der Waals surface area (Å²) >= 11 is 1.61. The van der Waals surface area contributed by atoms with Crippen LogP contribution in [0.5, 0.6) is 5.75 Å². The molecule has 120 valence electrons. The number of rotatable bonds is 6. The van der Waals surface area contributed by atoms with Crippen LogP contribution in [-0.2, 0) is 11.4 Å². The molecule has 0 radical (unpaired) electrons. The fourth-order valence-corrected chi connectivity index (χ4v) is 2.98. The number of thiazole rings is 1. The van der Waals surface area contributed by atoms with Crippen LogP contribution in [-0.4, -0.2) is 10.8 Å². The van der Waals surface area contributed by atoms with E-state index in [4.69, 9.17) is 4.74 Å². The number of hydrogen-bond acceptors (Lipinski definition) is 4. The summed E-state index contributed by atoms with van der Waals surface area (Å²) in [5.74, 6) is 0.784. The van der Waals surface area contributed by atoms with E-state index in [2.05, 4.69) is 4.98 Å². The van der Waals surface area contributed by atoms with Crippen LogP contribution < -0.4 is 4.74 Å². The summed E-state index contributed by atoms with van der Waals surface area (Å²) in [5, 5.41) is 3.01. The van der Waals surface area contributed by atoms with Crippen molar-refractivity contribution < 1.29 is 9.53 Å². The Morgan fingerprint density at radius 1 is 1.17 bits per heavy atom. The van der Waals surface area contributed by atoms with Crippen molar-refractivity contribution in [1.82, 2.24) is 4.98 Å². The van der Waals surface area contributed by atoms with Gasteiger partial charge in [0.2, 0.25) is 0 Å². The van der Waals surface area contributed by atoms with Crippen molar-refractivity contribution in [2.45, 2.75) is 13.5 Å². The fourth-order valence-electron chi connectivity index (χ4n) is 2.17. The van der Waals surface area contributed by atoms with E-state index < -0.39 is 0 Å². The van der Waals surface area contributed by atoms with Gasteiger partial charge in [-0.2, -0.15) is 0 Å². The van der Waals surface area contributed by atoms with Gasteiger partial charge in [0, 0.05) is 10.9 Å². The Labute approximate surface area is 145 Å². The van der Waals surface area contributed by atoms with Crippen molar-refractivity contribution >= 4 is 23.2 Å². The molecular weight excluding hydrogens is 318 g/mol. The van der Waals surface area contributed by atoms with Crippen molar-refractivity contribution in [3.05, 3.63) is 77.3 Å². The monoisotopic (exact) mass is 335 g/mol. The highest BCUT2D eigenvalue weighted by atomic mass is 32.1. The zero-order valence-corrected chi connectivity index (χ0v) is 14.1. The predicted octanol–water partition coefficient (Wildman–Crippen LogP) is 4.99. The molecule has 0 fully saturated rings. The zero-order valence-electron chi connectivity index (χ0n) is 13.3. The first-order chi connectivity index (χ1) is 11.7. The van der Waals surface area contributed by atoms with Crippen LogP contribution in [0.4, 0.5) is 0 Å². The summed E-state index contributed by atoms with van der Waals surface area (Å²) in [4.78, 5) is 15.6. The van der Waals surface area contributed by atoms with Gasteiger partial charge in [0.1, 0.15) is 17.4 Å². The molecule has 3 nitrogen and oxygen atoms in total. The van der Waals surface area contributed by atoms with Crippen molar-refractivity contribution in [2.75, 3.05) is 0 Å². The van der Waals surface area contributed by atoms with Gasteiger partial charge < -0.3 is 4.74 Å². The number of nitrogens with zero attached hydrogens (tertiary/aromatic N) is 1. The van der Waals surface area contributed by atoms with E-state index >= 15 is 0 Å². The average molecular weight is 335 g/mol. The average Bonchev–Trinajstić information content (AvgIpc) is 3.08. The van der Waals surface area contributed by atoms with Crippen molar-refractivity contribution in [2.24, 2.45) is 0 Å². The Hall–Kier alpha value is -2.72. The third-order valence-electron chi connectivity index (χ3n) is 3.33. The van der Waals surface area contributed by atoms with Crippen LogP contribution in [0, 0.1) is 0 Å². The van der Waals surface area contributed by atoms with E-state index in [-0.39, 0.29) is 5.78 Å². The van der Waals surface area contributed by atoms with E-state index in [1.54, 1.807) is 23.5 Å². The van der Waals surface area contributed by atoms with Gasteiger partial charge in [0.15, 0.2) is 5.78 Å². The van der Waals surface area contributed by atoms with Gasteiger partial charge in [0.05, 0.1) is 5.69 Å². The third kappa shape index (κ3) is 4.40. The van der Waals surface area contributed by atoms with Crippen molar-refractivity contribution in [1.29, 1.82) is 0 Å². The molecule has 2 aromatic carbocycles. The summed E-state index contributed by atoms with van der Waals surface area (Å²) in [6.07, 6.45) is 3.33. The summed E-state index contributed by atoms with van der Waals surface area (Å²) in [7, 11) is 0. The second-order valence-corrected chi connectivity index (χ2v) is 6.17. The highest BCUT2D eigenvalue weighted by Gasteiger charge is 2.05. The highest BCUT2D eigenvalue weighted by molar-refractivity contribution is 7.13. The number of aromatic nitrogens is 1. The summed E-state index contributed by atoms with van der Waals surface area (Å²) in [6, 6.07) is 17.8. The number of carbonyl (C=O) groups is 1. The van der Waals surface area contributed by atoms with Crippen molar-refractivity contribution in [3.8, 4) is 16.3 Å². The molecule has 1 heterocycles. The van der Waals surface area contributed by atoms with Crippen LogP contribution in [0.15, 0.2) is 66.1 Å². The normalized spacial score (nSPS) is 10.9. The SMILES string of the molecule is CC(=O)C=Cc1cccc(OCc2csc(-c3ccccc3)n2)c1. The molecule has 3 rings (SSSR count). The topological polar surface area (TPSA) is 39.2 Å².